The first-order chi connectivity index (χ1) is 9.66. The molecule has 0 unspecified atom stereocenters. The second kappa shape index (κ2) is 6.69. The van der Waals surface area contributed by atoms with E-state index in [4.69, 9.17) is 11.5 Å². The van der Waals surface area contributed by atoms with Crippen LogP contribution < -0.4 is 0 Å². The molecule has 0 saturated heterocycles. The lowest BCUT2D eigenvalue weighted by Gasteiger charge is -2.18. The molecule has 0 atom stereocenters. The molecule has 1 aliphatic carbocycles. The molecule has 3 nitrogen and oxygen atoms in total. The molecule has 2 aromatic carbocycles. The summed E-state index contributed by atoms with van der Waals surface area (Å²) in [5, 5.41) is 8.81. The Bertz CT molecular complexity index is 478. The molecule has 100 valence electrons. The summed E-state index contributed by atoms with van der Waals surface area (Å²) in [6, 6.07) is 17.5. The lowest BCUT2D eigenvalue weighted by atomic mass is 9.86. The fraction of sp³-hybridized carbons (Fsp3) is 0.250. The van der Waals surface area contributed by atoms with Gasteiger partial charge in [-0.1, -0.05) is 55.9 Å². The van der Waals surface area contributed by atoms with Gasteiger partial charge < -0.3 is 0 Å². The van der Waals surface area contributed by atoms with Crippen LogP contribution in [0.25, 0.3) is 0 Å². The minimum atomic E-state index is -0.500. The van der Waals surface area contributed by atoms with Crippen LogP contribution in [0.15, 0.2) is 48.5 Å². The van der Waals surface area contributed by atoms with Gasteiger partial charge in [0.25, 0.3) is 0 Å². The number of nitro groups is 1. The molecule has 3 rings (SSSR count). The van der Waals surface area contributed by atoms with E-state index in [1.54, 1.807) is 0 Å². The Labute approximate surface area is 115 Å². The lowest BCUT2D eigenvalue weighted by Crippen LogP contribution is -2.06. The highest BCUT2D eigenvalue weighted by atomic mass is 16.6. The maximum Gasteiger partial charge on any atom is 0.194 e. The topological polar surface area (TPSA) is 43.1 Å². The van der Waals surface area contributed by atoms with Crippen LogP contribution >= 0.6 is 0 Å². The number of nitrogens with zero attached hydrogens (tertiary/aromatic N) is 1. The third kappa shape index (κ3) is 3.91. The van der Waals surface area contributed by atoms with Gasteiger partial charge in [0.2, 0.25) is 0 Å². The molecule has 0 heterocycles. The van der Waals surface area contributed by atoms with E-state index in [0.29, 0.717) is 0 Å². The Kier molecular flexibility index (Phi) is 4.67. The summed E-state index contributed by atoms with van der Waals surface area (Å²) in [6.07, 6.45) is 2.21. The molecule has 0 N–H and O–H groups in total. The maximum absolute atomic E-state index is 8.81. The standard InChI is InChI=1S/C14H12.CH3NO2.CH4/c1-2-6-12-10-14-8-4-3-7-13(14)9-11(12)5-1;1-2(3)4;/h1-8H,9-10H2;1H3;1H4/i;;1D. The molecule has 19 heavy (non-hydrogen) atoms. The number of rotatable bonds is 0. The zero-order valence-corrected chi connectivity index (χ0v) is 11.3. The second-order valence-electron chi connectivity index (χ2n) is 4.33. The van der Waals surface area contributed by atoms with Crippen molar-refractivity contribution in [2.45, 2.75) is 20.2 Å². The monoisotopic (exact) mass is 258 g/mol. The summed E-state index contributed by atoms with van der Waals surface area (Å²) in [7, 11) is 2.14. The smallest absolute Gasteiger partial charge is 0.194 e. The van der Waals surface area contributed by atoms with E-state index in [1.807, 2.05) is 0 Å². The van der Waals surface area contributed by atoms with Gasteiger partial charge in [0.1, 0.15) is 0 Å². The predicted molar refractivity (Wildman–Crippen MR) is 78.1 cm³/mol. The Hall–Kier alpha value is -2.16. The van der Waals surface area contributed by atoms with E-state index < -0.39 is 4.92 Å². The Morgan fingerprint density at radius 3 is 1.37 bits per heavy atom. The molecule has 0 radical (unpaired) electrons. The second-order valence-corrected chi connectivity index (χ2v) is 4.33. The summed E-state index contributed by atoms with van der Waals surface area (Å²) in [6.45, 7) is 0. The maximum atomic E-state index is 8.81. The van der Waals surface area contributed by atoms with Gasteiger partial charge >= 0.3 is 0 Å². The van der Waals surface area contributed by atoms with Crippen LogP contribution in [-0.4, -0.2) is 12.0 Å². The van der Waals surface area contributed by atoms with E-state index in [0.717, 1.165) is 19.9 Å². The van der Waals surface area contributed by atoms with Gasteiger partial charge in [-0.3, -0.25) is 10.1 Å². The molecule has 3 heteroatoms. The van der Waals surface area contributed by atoms with Gasteiger partial charge in [-0.05, 0) is 35.1 Å². The van der Waals surface area contributed by atoms with Crippen molar-refractivity contribution in [3.63, 3.8) is 0 Å². The predicted octanol–water partition coefficient (Wildman–Crippen LogP) is 3.71. The van der Waals surface area contributed by atoms with Crippen molar-refractivity contribution in [3.8, 4) is 0 Å². The fourth-order valence-corrected chi connectivity index (χ4v) is 2.22. The highest BCUT2D eigenvalue weighted by molar-refractivity contribution is 5.44. The molecule has 0 aliphatic heterocycles. The van der Waals surface area contributed by atoms with E-state index in [2.05, 4.69) is 48.5 Å². The number of hydrogen-bond acceptors (Lipinski definition) is 2. The van der Waals surface area contributed by atoms with Gasteiger partial charge in [0.05, 0.1) is 0 Å². The Morgan fingerprint density at radius 2 is 1.16 bits per heavy atom. The van der Waals surface area contributed by atoms with Crippen molar-refractivity contribution in [1.82, 2.24) is 0 Å². The first-order valence-corrected chi connectivity index (χ1v) is 5.88. The SMILES string of the molecule is C[N+](=O)[O-].[2H]C.c1ccc2c(c1)Cc1ccccc1C2. The summed E-state index contributed by atoms with van der Waals surface area (Å²) in [5.74, 6) is 0. The van der Waals surface area contributed by atoms with Gasteiger partial charge in [-0.2, -0.15) is 0 Å². The lowest BCUT2D eigenvalue weighted by molar-refractivity contribution is -0.445. The Balaban J connectivity index is 0.000000291. The van der Waals surface area contributed by atoms with E-state index in [1.165, 1.54) is 29.7 Å². The quantitative estimate of drug-likeness (QED) is 0.455. The van der Waals surface area contributed by atoms with Crippen molar-refractivity contribution in [3.05, 3.63) is 80.9 Å². The fourth-order valence-electron chi connectivity index (χ4n) is 2.22. The first-order valence-electron chi connectivity index (χ1n) is 6.88. The largest absolute Gasteiger partial charge is 0.265 e. The summed E-state index contributed by atoms with van der Waals surface area (Å²) in [4.78, 5) is 8.31. The first kappa shape index (κ1) is 13.3. The van der Waals surface area contributed by atoms with Gasteiger partial charge in [0.15, 0.2) is 7.05 Å². The Morgan fingerprint density at radius 1 is 0.947 bits per heavy atom. The zero-order valence-electron chi connectivity index (χ0n) is 12.3. The average molecular weight is 258 g/mol. The van der Waals surface area contributed by atoms with Crippen LogP contribution in [0.4, 0.5) is 0 Å². The molecular weight excluding hydrogens is 238 g/mol. The number of fused-ring (bicyclic) bond motifs is 2. The molecule has 0 aromatic heterocycles. The highest BCUT2D eigenvalue weighted by Crippen LogP contribution is 2.26. The van der Waals surface area contributed by atoms with Gasteiger partial charge in [-0.25, -0.2) is 0 Å². The van der Waals surface area contributed by atoms with Gasteiger partial charge in [-0.15, -0.1) is 0 Å². The van der Waals surface area contributed by atoms with Gasteiger partial charge in [0, 0.05) is 6.29 Å². The van der Waals surface area contributed by atoms with Crippen LogP contribution in [0.3, 0.4) is 0 Å². The minimum Gasteiger partial charge on any atom is -0.265 e. The average Bonchev–Trinajstić information content (AvgIpc) is 2.46. The zero-order chi connectivity index (χ0) is 15.0. The minimum absolute atomic E-state index is 0.500. The van der Waals surface area contributed by atoms with Crippen LogP contribution in [0.2, 0.25) is 0 Å². The van der Waals surface area contributed by atoms with Crippen LogP contribution in [0.5, 0.6) is 0 Å². The molecule has 0 amide bonds. The van der Waals surface area contributed by atoms with Crippen molar-refractivity contribution in [1.29, 1.82) is 0 Å². The molecular formula is C16H19NO2. The van der Waals surface area contributed by atoms with E-state index in [-0.39, 0.29) is 0 Å². The van der Waals surface area contributed by atoms with Crippen molar-refractivity contribution in [2.24, 2.45) is 0 Å². The summed E-state index contributed by atoms with van der Waals surface area (Å²) >= 11 is 0. The van der Waals surface area contributed by atoms with Crippen molar-refractivity contribution < 1.29 is 6.29 Å². The van der Waals surface area contributed by atoms with E-state index in [9.17, 15) is 0 Å². The van der Waals surface area contributed by atoms with Crippen LogP contribution in [-0.2, 0) is 12.8 Å². The molecule has 0 fully saturated rings. The molecule has 0 spiro atoms. The van der Waals surface area contributed by atoms with Crippen molar-refractivity contribution >= 4 is 0 Å². The number of hydrogen-bond donors (Lipinski definition) is 0. The summed E-state index contributed by atoms with van der Waals surface area (Å²) < 4.78 is 5.75. The number of benzene rings is 2. The van der Waals surface area contributed by atoms with E-state index >= 15 is 0 Å². The molecule has 0 bridgehead atoms. The summed E-state index contributed by atoms with van der Waals surface area (Å²) in [5.41, 5.74) is 5.97. The van der Waals surface area contributed by atoms with Crippen molar-refractivity contribution in [2.75, 3.05) is 7.05 Å². The third-order valence-corrected chi connectivity index (χ3v) is 3.00. The molecule has 2 aromatic rings. The third-order valence-electron chi connectivity index (χ3n) is 3.00. The normalized spacial score (nSPS) is 11.4. The van der Waals surface area contributed by atoms with Crippen LogP contribution in [0.1, 0.15) is 31.0 Å². The molecule has 1 aliphatic rings. The van der Waals surface area contributed by atoms with Crippen LogP contribution in [0, 0.1) is 10.1 Å². The highest BCUT2D eigenvalue weighted by Gasteiger charge is 2.12. The molecule has 0 saturated carbocycles.